The molecule has 12 rings (SSSR count). The second-order valence-electron chi connectivity index (χ2n) is 15.7. The summed E-state index contributed by atoms with van der Waals surface area (Å²) in [6.07, 6.45) is 0. The molecule has 1 heterocycles. The zero-order valence-corrected chi connectivity index (χ0v) is 32.8. The minimum absolute atomic E-state index is 1.10. The molecular formula is C58H38N2. The molecule has 11 aromatic carbocycles. The third-order valence-corrected chi connectivity index (χ3v) is 12.4. The highest BCUT2D eigenvalue weighted by Gasteiger charge is 2.21. The fourth-order valence-corrected chi connectivity index (χ4v) is 9.62. The largest absolute Gasteiger partial charge is 0.310 e. The highest BCUT2D eigenvalue weighted by Crippen LogP contribution is 2.45. The molecule has 0 bridgehead atoms. The van der Waals surface area contributed by atoms with Crippen LogP contribution in [0.25, 0.3) is 92.8 Å². The monoisotopic (exact) mass is 762 g/mol. The smallest absolute Gasteiger partial charge is 0.0541 e. The van der Waals surface area contributed by atoms with Crippen molar-refractivity contribution in [2.75, 3.05) is 4.90 Å². The van der Waals surface area contributed by atoms with E-state index in [0.717, 1.165) is 22.7 Å². The number of hydrogen-bond donors (Lipinski definition) is 0. The van der Waals surface area contributed by atoms with Crippen LogP contribution in [0, 0.1) is 0 Å². The van der Waals surface area contributed by atoms with Crippen molar-refractivity contribution in [3.8, 4) is 27.9 Å². The molecule has 0 unspecified atom stereocenters. The van der Waals surface area contributed by atoms with Crippen LogP contribution in [0.4, 0.5) is 17.1 Å². The molecule has 0 amide bonds. The Bertz CT molecular complexity index is 3560. The van der Waals surface area contributed by atoms with Crippen molar-refractivity contribution < 1.29 is 0 Å². The van der Waals surface area contributed by atoms with Crippen LogP contribution < -0.4 is 4.90 Å². The minimum Gasteiger partial charge on any atom is -0.310 e. The Kier molecular flexibility index (Phi) is 7.89. The second kappa shape index (κ2) is 13.9. The maximum absolute atomic E-state index is 2.43. The first-order valence-corrected chi connectivity index (χ1v) is 20.7. The topological polar surface area (TPSA) is 8.17 Å². The van der Waals surface area contributed by atoms with Crippen molar-refractivity contribution in [3.63, 3.8) is 0 Å². The van der Waals surface area contributed by atoms with E-state index < -0.39 is 0 Å². The third kappa shape index (κ3) is 5.42. The standard InChI is InChI=1S/C58H38N2/c1-2-16-41-37-44(34-29-39(41)15-1)59(43-32-30-40(31-33-43)54-38-42-17-3-4-18-45(42)46-19-5-6-21-48(46)54)58-36-35-49(47-20-7-8-22-50(47)58)51-23-9-12-26-55(51)60-56-27-13-10-24-52(56)53-25-11-14-28-57(53)60/h1-38H. The molecule has 0 atom stereocenters. The molecule has 1 aromatic heterocycles. The molecule has 2 nitrogen and oxygen atoms in total. The summed E-state index contributed by atoms with van der Waals surface area (Å²) in [5, 5.41) is 12.4. The van der Waals surface area contributed by atoms with Gasteiger partial charge >= 0.3 is 0 Å². The minimum atomic E-state index is 1.10. The van der Waals surface area contributed by atoms with Gasteiger partial charge in [-0.25, -0.2) is 0 Å². The highest BCUT2D eigenvalue weighted by molar-refractivity contribution is 6.14. The van der Waals surface area contributed by atoms with E-state index in [2.05, 4.69) is 240 Å². The molecule has 0 spiro atoms. The van der Waals surface area contributed by atoms with Crippen LogP contribution in [-0.2, 0) is 0 Å². The first-order valence-electron chi connectivity index (χ1n) is 20.7. The Labute approximate surface area is 348 Å². The maximum atomic E-state index is 2.43. The highest BCUT2D eigenvalue weighted by atomic mass is 15.1. The number of rotatable bonds is 6. The van der Waals surface area contributed by atoms with Crippen molar-refractivity contribution in [1.29, 1.82) is 0 Å². The number of nitrogens with zero attached hydrogens (tertiary/aromatic N) is 2. The summed E-state index contributed by atoms with van der Waals surface area (Å²) >= 11 is 0. The normalized spacial score (nSPS) is 11.7. The van der Waals surface area contributed by atoms with Crippen molar-refractivity contribution in [1.82, 2.24) is 4.57 Å². The van der Waals surface area contributed by atoms with E-state index in [1.165, 1.54) is 87.1 Å². The van der Waals surface area contributed by atoms with Crippen molar-refractivity contribution in [2.45, 2.75) is 0 Å². The fraction of sp³-hybridized carbons (Fsp3) is 0. The van der Waals surface area contributed by atoms with E-state index in [1.807, 2.05) is 0 Å². The lowest BCUT2D eigenvalue weighted by molar-refractivity contribution is 1.18. The lowest BCUT2D eigenvalue weighted by Gasteiger charge is -2.28. The maximum Gasteiger partial charge on any atom is 0.0541 e. The molecule has 0 aliphatic heterocycles. The Hall–Kier alpha value is -7.94. The van der Waals surface area contributed by atoms with Crippen molar-refractivity contribution in [3.05, 3.63) is 231 Å². The van der Waals surface area contributed by atoms with Gasteiger partial charge in [0, 0.05) is 33.1 Å². The predicted molar refractivity (Wildman–Crippen MR) is 256 cm³/mol. The number of aromatic nitrogens is 1. The Morgan fingerprint density at radius 1 is 0.283 bits per heavy atom. The van der Waals surface area contributed by atoms with E-state index in [9.17, 15) is 0 Å². The van der Waals surface area contributed by atoms with E-state index in [1.54, 1.807) is 0 Å². The molecule has 0 aliphatic rings. The third-order valence-electron chi connectivity index (χ3n) is 12.4. The summed E-state index contributed by atoms with van der Waals surface area (Å²) in [7, 11) is 0. The zero-order valence-electron chi connectivity index (χ0n) is 32.8. The summed E-state index contributed by atoms with van der Waals surface area (Å²) in [6, 6.07) is 84.3. The van der Waals surface area contributed by atoms with Gasteiger partial charge in [-0.3, -0.25) is 0 Å². The van der Waals surface area contributed by atoms with Crippen LogP contribution in [-0.4, -0.2) is 4.57 Å². The lowest BCUT2D eigenvalue weighted by Crippen LogP contribution is -2.10. The van der Waals surface area contributed by atoms with E-state index >= 15 is 0 Å². The van der Waals surface area contributed by atoms with Gasteiger partial charge in [-0.1, -0.05) is 176 Å². The van der Waals surface area contributed by atoms with Gasteiger partial charge in [0.1, 0.15) is 0 Å². The first-order chi connectivity index (χ1) is 29.8. The summed E-state index contributed by atoms with van der Waals surface area (Å²) in [6.45, 7) is 0. The van der Waals surface area contributed by atoms with E-state index in [0.29, 0.717) is 0 Å². The van der Waals surface area contributed by atoms with Gasteiger partial charge in [0.15, 0.2) is 0 Å². The van der Waals surface area contributed by atoms with Gasteiger partial charge < -0.3 is 9.47 Å². The van der Waals surface area contributed by atoms with Gasteiger partial charge in [0.2, 0.25) is 0 Å². The Morgan fingerprint density at radius 3 is 1.55 bits per heavy atom. The number of fused-ring (bicyclic) bond motifs is 8. The summed E-state index contributed by atoms with van der Waals surface area (Å²) in [5.74, 6) is 0. The van der Waals surface area contributed by atoms with Crippen LogP contribution in [0.3, 0.4) is 0 Å². The molecule has 0 radical (unpaired) electrons. The van der Waals surface area contributed by atoms with E-state index in [4.69, 9.17) is 0 Å². The second-order valence-corrected chi connectivity index (χ2v) is 15.7. The van der Waals surface area contributed by atoms with E-state index in [-0.39, 0.29) is 0 Å². The van der Waals surface area contributed by atoms with Crippen molar-refractivity contribution >= 4 is 82.0 Å². The first kappa shape index (κ1) is 34.1. The van der Waals surface area contributed by atoms with Crippen LogP contribution in [0.5, 0.6) is 0 Å². The summed E-state index contributed by atoms with van der Waals surface area (Å²) in [4.78, 5) is 2.43. The van der Waals surface area contributed by atoms with Crippen molar-refractivity contribution in [2.24, 2.45) is 0 Å². The molecule has 0 saturated heterocycles. The van der Waals surface area contributed by atoms with Gasteiger partial charge in [0.25, 0.3) is 0 Å². The predicted octanol–water partition coefficient (Wildman–Crippen LogP) is 16.2. The number of hydrogen-bond acceptors (Lipinski definition) is 1. The molecule has 0 saturated carbocycles. The number of benzene rings is 11. The van der Waals surface area contributed by atoms with Gasteiger partial charge in [-0.2, -0.15) is 0 Å². The average Bonchev–Trinajstić information content (AvgIpc) is 3.66. The molecule has 60 heavy (non-hydrogen) atoms. The molecule has 2 heteroatoms. The summed E-state index contributed by atoms with van der Waals surface area (Å²) in [5.41, 5.74) is 11.7. The SMILES string of the molecule is c1ccc(-n2c3ccccc3c3ccccc32)c(-c2ccc(N(c3ccc(-c4cc5ccccc5c5ccccc45)cc3)c3ccc4ccccc4c3)c3ccccc23)c1. The van der Waals surface area contributed by atoms with Crippen LogP contribution in [0.2, 0.25) is 0 Å². The summed E-state index contributed by atoms with van der Waals surface area (Å²) < 4.78 is 2.43. The van der Waals surface area contributed by atoms with Gasteiger partial charge in [-0.15, -0.1) is 0 Å². The molecule has 12 aromatic rings. The number of anilines is 3. The zero-order chi connectivity index (χ0) is 39.6. The average molecular weight is 763 g/mol. The lowest BCUT2D eigenvalue weighted by atomic mass is 9.93. The van der Waals surface area contributed by atoms with Crippen LogP contribution in [0.15, 0.2) is 231 Å². The molecular weight excluding hydrogens is 725 g/mol. The molecule has 0 aliphatic carbocycles. The van der Waals surface area contributed by atoms with Gasteiger partial charge in [0.05, 0.1) is 22.4 Å². The van der Waals surface area contributed by atoms with Gasteiger partial charge in [-0.05, 0) is 109 Å². The fourth-order valence-electron chi connectivity index (χ4n) is 9.62. The Balaban J connectivity index is 1.05. The molecule has 280 valence electrons. The Morgan fingerprint density at radius 2 is 0.817 bits per heavy atom. The van der Waals surface area contributed by atoms with Crippen LogP contribution in [0.1, 0.15) is 0 Å². The van der Waals surface area contributed by atoms with Crippen LogP contribution >= 0.6 is 0 Å². The molecule has 0 N–H and O–H groups in total. The number of para-hydroxylation sites is 3. The molecule has 0 fully saturated rings. The quantitative estimate of drug-likeness (QED) is 0.153.